The lowest BCUT2D eigenvalue weighted by Crippen LogP contribution is -2.51. The Labute approximate surface area is 175 Å². The number of carbonyl (C=O) groups is 3. The van der Waals surface area contributed by atoms with Gasteiger partial charge in [-0.05, 0) is 49.1 Å². The van der Waals surface area contributed by atoms with Gasteiger partial charge in [0.1, 0.15) is 17.9 Å². The second-order valence-electron chi connectivity index (χ2n) is 9.52. The predicted molar refractivity (Wildman–Crippen MR) is 112 cm³/mol. The number of nitrogens with one attached hydrogen (secondary N) is 3. The number of carbonyl (C=O) groups excluding carboxylic acids is 3. The maximum absolute atomic E-state index is 13.0. The van der Waals surface area contributed by atoms with Gasteiger partial charge in [-0.1, -0.05) is 32.9 Å². The molecule has 2 aliphatic rings. The molecule has 2 heterocycles. The fourth-order valence-electron chi connectivity index (χ4n) is 4.61. The normalized spacial score (nSPS) is 24.5. The lowest BCUT2D eigenvalue weighted by molar-refractivity contribution is -0.136. The number of fused-ring (bicyclic) bond motifs is 1. The van der Waals surface area contributed by atoms with Crippen LogP contribution in [-0.4, -0.2) is 44.8 Å². The van der Waals surface area contributed by atoms with Gasteiger partial charge in [0, 0.05) is 0 Å². The largest absolute Gasteiger partial charge is 0.347 e. The Bertz CT molecular complexity index is 949. The summed E-state index contributed by atoms with van der Waals surface area (Å²) in [5.74, 6) is 0.478. The zero-order chi connectivity index (χ0) is 21.5. The SMILES string of the molecule is CC(C)(C)C1CCC2(CC1)NC(=O)N(CC(=O)NCc1nc3ccccc3[nH]1)C2=O. The third-order valence-electron chi connectivity index (χ3n) is 6.50. The van der Waals surface area contributed by atoms with Crippen molar-refractivity contribution < 1.29 is 14.4 Å². The van der Waals surface area contributed by atoms with Crippen LogP contribution in [0, 0.1) is 11.3 Å². The monoisotopic (exact) mass is 411 g/mol. The molecule has 0 atom stereocenters. The highest BCUT2D eigenvalue weighted by molar-refractivity contribution is 6.09. The summed E-state index contributed by atoms with van der Waals surface area (Å²) in [7, 11) is 0. The van der Waals surface area contributed by atoms with Crippen LogP contribution in [0.4, 0.5) is 4.79 Å². The van der Waals surface area contributed by atoms with Gasteiger partial charge in [-0.3, -0.25) is 14.5 Å². The third kappa shape index (κ3) is 3.78. The molecule has 0 unspecified atom stereocenters. The first-order chi connectivity index (χ1) is 14.2. The molecule has 2 fully saturated rings. The molecule has 30 heavy (non-hydrogen) atoms. The predicted octanol–water partition coefficient (Wildman–Crippen LogP) is 2.71. The smallest absolute Gasteiger partial charge is 0.325 e. The number of benzene rings is 1. The highest BCUT2D eigenvalue weighted by Gasteiger charge is 2.53. The number of rotatable bonds is 4. The number of nitrogens with zero attached hydrogens (tertiary/aromatic N) is 2. The Hall–Kier alpha value is -2.90. The van der Waals surface area contributed by atoms with Crippen molar-refractivity contribution in [3.8, 4) is 0 Å². The first kappa shape index (κ1) is 20.4. The van der Waals surface area contributed by atoms with Crippen molar-refractivity contribution in [3.63, 3.8) is 0 Å². The first-order valence-electron chi connectivity index (χ1n) is 10.5. The fraction of sp³-hybridized carbons (Fsp3) is 0.545. The van der Waals surface area contributed by atoms with Crippen molar-refractivity contribution in [2.75, 3.05) is 6.54 Å². The van der Waals surface area contributed by atoms with Gasteiger partial charge in [-0.15, -0.1) is 0 Å². The molecule has 4 rings (SSSR count). The van der Waals surface area contributed by atoms with E-state index in [1.54, 1.807) is 0 Å². The minimum Gasteiger partial charge on any atom is -0.347 e. The number of imidazole rings is 1. The Morgan fingerprint density at radius 2 is 1.93 bits per heavy atom. The minimum absolute atomic E-state index is 0.184. The molecule has 1 spiro atoms. The lowest BCUT2D eigenvalue weighted by atomic mass is 9.67. The van der Waals surface area contributed by atoms with E-state index in [1.807, 2.05) is 24.3 Å². The maximum Gasteiger partial charge on any atom is 0.325 e. The molecule has 0 bridgehead atoms. The van der Waals surface area contributed by atoms with Gasteiger partial charge in [0.05, 0.1) is 17.6 Å². The van der Waals surface area contributed by atoms with E-state index in [9.17, 15) is 14.4 Å². The summed E-state index contributed by atoms with van der Waals surface area (Å²) >= 11 is 0. The van der Waals surface area contributed by atoms with Crippen LogP contribution in [0.1, 0.15) is 52.3 Å². The molecular formula is C22H29N5O3. The summed E-state index contributed by atoms with van der Waals surface area (Å²) in [4.78, 5) is 46.5. The van der Waals surface area contributed by atoms with E-state index >= 15 is 0 Å². The molecule has 1 aliphatic heterocycles. The van der Waals surface area contributed by atoms with E-state index in [4.69, 9.17) is 0 Å². The van der Waals surface area contributed by atoms with Crippen molar-refractivity contribution in [2.45, 2.75) is 58.5 Å². The van der Waals surface area contributed by atoms with Gasteiger partial charge < -0.3 is 15.6 Å². The Balaban J connectivity index is 1.34. The number of aromatic nitrogens is 2. The molecule has 160 valence electrons. The van der Waals surface area contributed by atoms with E-state index in [-0.39, 0.29) is 30.3 Å². The van der Waals surface area contributed by atoms with E-state index in [0.717, 1.165) is 28.8 Å². The quantitative estimate of drug-likeness (QED) is 0.672. The molecule has 1 aromatic heterocycles. The summed E-state index contributed by atoms with van der Waals surface area (Å²) in [6, 6.07) is 7.12. The molecule has 1 aromatic carbocycles. The van der Waals surface area contributed by atoms with Crippen LogP contribution < -0.4 is 10.6 Å². The number of hydrogen-bond donors (Lipinski definition) is 3. The van der Waals surface area contributed by atoms with Crippen LogP contribution in [0.3, 0.4) is 0 Å². The maximum atomic E-state index is 13.0. The van der Waals surface area contributed by atoms with Crippen molar-refractivity contribution in [3.05, 3.63) is 30.1 Å². The Morgan fingerprint density at radius 1 is 1.23 bits per heavy atom. The summed E-state index contributed by atoms with van der Waals surface area (Å²) in [5.41, 5.74) is 1.05. The second-order valence-corrected chi connectivity index (χ2v) is 9.52. The Morgan fingerprint density at radius 3 is 2.60 bits per heavy atom. The van der Waals surface area contributed by atoms with Crippen molar-refractivity contribution in [2.24, 2.45) is 11.3 Å². The van der Waals surface area contributed by atoms with Crippen LogP contribution in [0.2, 0.25) is 0 Å². The van der Waals surface area contributed by atoms with Crippen LogP contribution in [0.15, 0.2) is 24.3 Å². The summed E-state index contributed by atoms with van der Waals surface area (Å²) in [5, 5.41) is 5.62. The average molecular weight is 412 g/mol. The topological polar surface area (TPSA) is 107 Å². The highest BCUT2D eigenvalue weighted by atomic mass is 16.2. The molecule has 4 amide bonds. The molecule has 1 saturated carbocycles. The number of H-pyrrole nitrogens is 1. The fourth-order valence-corrected chi connectivity index (χ4v) is 4.61. The molecule has 1 saturated heterocycles. The van der Waals surface area contributed by atoms with E-state index in [1.165, 1.54) is 0 Å². The zero-order valence-corrected chi connectivity index (χ0v) is 17.7. The van der Waals surface area contributed by atoms with Gasteiger partial charge in [-0.2, -0.15) is 0 Å². The Kier molecular flexibility index (Phi) is 5.03. The summed E-state index contributed by atoms with van der Waals surface area (Å²) in [6.45, 7) is 6.56. The summed E-state index contributed by atoms with van der Waals surface area (Å²) in [6.07, 6.45) is 3.02. The number of aromatic amines is 1. The number of amides is 4. The van der Waals surface area contributed by atoms with Crippen LogP contribution in [-0.2, 0) is 16.1 Å². The van der Waals surface area contributed by atoms with Crippen molar-refractivity contribution >= 4 is 28.9 Å². The van der Waals surface area contributed by atoms with Crippen molar-refractivity contribution in [1.82, 2.24) is 25.5 Å². The van der Waals surface area contributed by atoms with Crippen LogP contribution >= 0.6 is 0 Å². The van der Waals surface area contributed by atoms with E-state index in [0.29, 0.717) is 24.6 Å². The number of urea groups is 1. The molecule has 0 radical (unpaired) electrons. The van der Waals surface area contributed by atoms with Gasteiger partial charge >= 0.3 is 6.03 Å². The van der Waals surface area contributed by atoms with Gasteiger partial charge in [-0.25, -0.2) is 9.78 Å². The lowest BCUT2D eigenvalue weighted by Gasteiger charge is -2.40. The zero-order valence-electron chi connectivity index (χ0n) is 17.7. The van der Waals surface area contributed by atoms with Gasteiger partial charge in [0.2, 0.25) is 5.91 Å². The number of para-hydroxylation sites is 2. The second kappa shape index (κ2) is 7.41. The van der Waals surface area contributed by atoms with Crippen LogP contribution in [0.5, 0.6) is 0 Å². The van der Waals surface area contributed by atoms with Gasteiger partial charge in [0.25, 0.3) is 5.91 Å². The molecule has 3 N–H and O–H groups in total. The van der Waals surface area contributed by atoms with Gasteiger partial charge in [0.15, 0.2) is 0 Å². The molecule has 8 heteroatoms. The third-order valence-corrected chi connectivity index (χ3v) is 6.50. The van der Waals surface area contributed by atoms with E-state index < -0.39 is 11.6 Å². The molecular weight excluding hydrogens is 382 g/mol. The van der Waals surface area contributed by atoms with Crippen LogP contribution in [0.25, 0.3) is 11.0 Å². The summed E-state index contributed by atoms with van der Waals surface area (Å²) < 4.78 is 0. The standard InChI is InChI=1S/C22H29N5O3/c1-21(2,3)14-8-10-22(11-9-14)19(29)27(20(30)26-22)13-18(28)23-12-17-24-15-6-4-5-7-16(15)25-17/h4-7,14H,8-13H2,1-3H3,(H,23,28)(H,24,25)(H,26,30). The molecule has 8 nitrogen and oxygen atoms in total. The molecule has 2 aromatic rings. The number of hydrogen-bond acceptors (Lipinski definition) is 4. The number of imide groups is 1. The highest BCUT2D eigenvalue weighted by Crippen LogP contribution is 2.43. The average Bonchev–Trinajstić information content (AvgIpc) is 3.21. The molecule has 1 aliphatic carbocycles. The van der Waals surface area contributed by atoms with Crippen molar-refractivity contribution in [1.29, 1.82) is 0 Å². The first-order valence-corrected chi connectivity index (χ1v) is 10.5. The van der Waals surface area contributed by atoms with E-state index in [2.05, 4.69) is 41.4 Å². The minimum atomic E-state index is -0.849.